The van der Waals surface area contributed by atoms with Gasteiger partial charge in [-0.1, -0.05) is 6.07 Å². The van der Waals surface area contributed by atoms with E-state index in [1.54, 1.807) is 20.4 Å². The molecule has 0 amide bonds. The second kappa shape index (κ2) is 6.12. The molecule has 0 spiro atoms. The first-order chi connectivity index (χ1) is 11.1. The van der Waals surface area contributed by atoms with Crippen LogP contribution in [0.15, 0.2) is 41.4 Å². The van der Waals surface area contributed by atoms with Gasteiger partial charge in [-0.3, -0.25) is 4.99 Å². The number of methoxy groups -OCH3 is 2. The fourth-order valence-corrected chi connectivity index (χ4v) is 2.55. The van der Waals surface area contributed by atoms with E-state index < -0.39 is 0 Å². The molecule has 0 fully saturated rings. The molecule has 5 nitrogen and oxygen atoms in total. The molecule has 0 aliphatic rings. The van der Waals surface area contributed by atoms with E-state index in [-0.39, 0.29) is 0 Å². The molecule has 0 N–H and O–H groups in total. The molecule has 0 unspecified atom stereocenters. The Kier molecular flexibility index (Phi) is 4.02. The molecule has 5 heteroatoms. The Balaban J connectivity index is 1.97. The maximum Gasteiger partial charge on any atom is 0.169 e. The van der Waals surface area contributed by atoms with Crippen LogP contribution in [0.25, 0.3) is 11.0 Å². The number of para-hydroxylation sites is 1. The third-order valence-electron chi connectivity index (χ3n) is 3.87. The number of hydrogen-bond donors (Lipinski definition) is 0. The fraction of sp³-hybridized carbons (Fsp3) is 0.222. The van der Waals surface area contributed by atoms with Crippen LogP contribution in [0.1, 0.15) is 11.4 Å². The van der Waals surface area contributed by atoms with Gasteiger partial charge in [0.15, 0.2) is 11.5 Å². The number of ether oxygens (including phenoxy) is 2. The minimum absolute atomic E-state index is 0.675. The van der Waals surface area contributed by atoms with E-state index >= 15 is 0 Å². The fourth-order valence-electron chi connectivity index (χ4n) is 2.55. The Bertz CT molecular complexity index is 881. The van der Waals surface area contributed by atoms with E-state index in [9.17, 15) is 0 Å². The van der Waals surface area contributed by atoms with Crippen LogP contribution in [0.4, 0.5) is 5.69 Å². The lowest BCUT2D eigenvalue weighted by Crippen LogP contribution is -1.94. The van der Waals surface area contributed by atoms with Gasteiger partial charge in [0.1, 0.15) is 5.82 Å². The van der Waals surface area contributed by atoms with Gasteiger partial charge in [-0.05, 0) is 37.3 Å². The SMILES string of the molecule is COc1cccc(C=Nc2ccc3c(c2)nc(C)n3C)c1OC. The molecule has 1 aromatic heterocycles. The van der Waals surface area contributed by atoms with Crippen molar-refractivity contribution >= 4 is 22.9 Å². The zero-order valence-corrected chi connectivity index (χ0v) is 13.7. The van der Waals surface area contributed by atoms with E-state index in [4.69, 9.17) is 9.47 Å². The quantitative estimate of drug-likeness (QED) is 0.691. The maximum atomic E-state index is 5.41. The topological polar surface area (TPSA) is 48.6 Å². The molecule has 0 saturated carbocycles. The zero-order valence-electron chi connectivity index (χ0n) is 13.7. The van der Waals surface area contributed by atoms with Crippen LogP contribution in [0, 0.1) is 6.92 Å². The molecule has 0 saturated heterocycles. The normalized spacial score (nSPS) is 11.3. The highest BCUT2D eigenvalue weighted by Gasteiger charge is 2.08. The third kappa shape index (κ3) is 2.77. The van der Waals surface area contributed by atoms with Gasteiger partial charge in [-0.15, -0.1) is 0 Å². The molecule has 0 atom stereocenters. The summed E-state index contributed by atoms with van der Waals surface area (Å²) in [6, 6.07) is 11.7. The molecule has 0 radical (unpaired) electrons. The first-order valence-electron chi connectivity index (χ1n) is 7.32. The highest BCUT2D eigenvalue weighted by atomic mass is 16.5. The van der Waals surface area contributed by atoms with Gasteiger partial charge >= 0.3 is 0 Å². The van der Waals surface area contributed by atoms with Crippen molar-refractivity contribution < 1.29 is 9.47 Å². The van der Waals surface area contributed by atoms with Crippen LogP contribution < -0.4 is 9.47 Å². The Morgan fingerprint density at radius 1 is 1.13 bits per heavy atom. The molecule has 0 aliphatic heterocycles. The molecule has 118 valence electrons. The van der Waals surface area contributed by atoms with E-state index in [2.05, 4.69) is 14.5 Å². The maximum absolute atomic E-state index is 5.41. The second-order valence-corrected chi connectivity index (χ2v) is 5.23. The van der Waals surface area contributed by atoms with Crippen molar-refractivity contribution in [3.8, 4) is 11.5 Å². The summed E-state index contributed by atoms with van der Waals surface area (Å²) in [6.45, 7) is 1.99. The number of hydrogen-bond acceptors (Lipinski definition) is 4. The standard InChI is InChI=1S/C18H19N3O2/c1-12-20-15-10-14(8-9-16(15)21(12)2)19-11-13-6-5-7-17(22-3)18(13)23-4/h5-11H,1-4H3. The van der Waals surface area contributed by atoms with Crippen LogP contribution in [0.5, 0.6) is 11.5 Å². The van der Waals surface area contributed by atoms with Crippen molar-refractivity contribution in [2.45, 2.75) is 6.92 Å². The highest BCUT2D eigenvalue weighted by Crippen LogP contribution is 2.30. The average Bonchev–Trinajstić information content (AvgIpc) is 2.86. The van der Waals surface area contributed by atoms with Gasteiger partial charge in [0.2, 0.25) is 0 Å². The largest absolute Gasteiger partial charge is 0.493 e. The van der Waals surface area contributed by atoms with Crippen LogP contribution >= 0.6 is 0 Å². The number of aromatic nitrogens is 2. The lowest BCUT2D eigenvalue weighted by atomic mass is 10.2. The van der Waals surface area contributed by atoms with E-state index in [1.807, 2.05) is 50.4 Å². The van der Waals surface area contributed by atoms with Crippen molar-refractivity contribution in [2.75, 3.05) is 14.2 Å². The van der Waals surface area contributed by atoms with Gasteiger partial charge in [0, 0.05) is 18.8 Å². The Labute approximate surface area is 135 Å². The van der Waals surface area contributed by atoms with Crippen molar-refractivity contribution in [3.05, 3.63) is 47.8 Å². The molecule has 0 aliphatic carbocycles. The predicted octanol–water partition coefficient (Wildman–Crippen LogP) is 3.65. The van der Waals surface area contributed by atoms with Gasteiger partial charge in [0.25, 0.3) is 0 Å². The molecule has 3 aromatic rings. The molecule has 23 heavy (non-hydrogen) atoms. The summed E-state index contributed by atoms with van der Waals surface area (Å²) in [6.07, 6.45) is 1.78. The number of nitrogens with zero attached hydrogens (tertiary/aromatic N) is 3. The minimum atomic E-state index is 0.675. The van der Waals surface area contributed by atoms with Crippen molar-refractivity contribution in [2.24, 2.45) is 12.0 Å². The molecular weight excluding hydrogens is 290 g/mol. The second-order valence-electron chi connectivity index (χ2n) is 5.23. The zero-order chi connectivity index (χ0) is 16.4. The lowest BCUT2D eigenvalue weighted by Gasteiger charge is -2.09. The summed E-state index contributed by atoms with van der Waals surface area (Å²) in [7, 11) is 5.25. The predicted molar refractivity (Wildman–Crippen MR) is 92.3 cm³/mol. The van der Waals surface area contributed by atoms with Gasteiger partial charge in [0.05, 0.1) is 30.9 Å². The van der Waals surface area contributed by atoms with Gasteiger partial charge in [-0.25, -0.2) is 4.98 Å². The summed E-state index contributed by atoms with van der Waals surface area (Å²) in [5, 5.41) is 0. The Morgan fingerprint density at radius 3 is 2.70 bits per heavy atom. The minimum Gasteiger partial charge on any atom is -0.493 e. The van der Waals surface area contributed by atoms with Crippen LogP contribution in [0.3, 0.4) is 0 Å². The van der Waals surface area contributed by atoms with Crippen LogP contribution in [0.2, 0.25) is 0 Å². The molecular formula is C18H19N3O2. The number of aryl methyl sites for hydroxylation is 2. The first-order valence-corrected chi connectivity index (χ1v) is 7.32. The van der Waals surface area contributed by atoms with Crippen LogP contribution in [-0.4, -0.2) is 30.0 Å². The van der Waals surface area contributed by atoms with Crippen molar-refractivity contribution in [1.82, 2.24) is 9.55 Å². The van der Waals surface area contributed by atoms with Gasteiger partial charge in [-0.2, -0.15) is 0 Å². The summed E-state index contributed by atoms with van der Waals surface area (Å²) in [5.41, 5.74) is 3.75. The number of aliphatic imine (C=N–C) groups is 1. The molecule has 3 rings (SSSR count). The summed E-state index contributed by atoms with van der Waals surface area (Å²) in [4.78, 5) is 9.07. The number of imidazole rings is 1. The van der Waals surface area contributed by atoms with Crippen LogP contribution in [-0.2, 0) is 7.05 Å². The lowest BCUT2D eigenvalue weighted by molar-refractivity contribution is 0.354. The Morgan fingerprint density at radius 2 is 1.96 bits per heavy atom. The molecule has 2 aromatic carbocycles. The highest BCUT2D eigenvalue weighted by molar-refractivity contribution is 5.88. The van der Waals surface area contributed by atoms with E-state index in [1.165, 1.54) is 0 Å². The van der Waals surface area contributed by atoms with Gasteiger partial charge < -0.3 is 14.0 Å². The third-order valence-corrected chi connectivity index (χ3v) is 3.87. The van der Waals surface area contributed by atoms with E-state index in [0.29, 0.717) is 11.5 Å². The average molecular weight is 309 g/mol. The monoisotopic (exact) mass is 309 g/mol. The number of fused-ring (bicyclic) bond motifs is 1. The summed E-state index contributed by atoms with van der Waals surface area (Å²) >= 11 is 0. The first kappa shape index (κ1) is 15.1. The molecule has 1 heterocycles. The summed E-state index contributed by atoms with van der Waals surface area (Å²) < 4.78 is 12.8. The Hall–Kier alpha value is -2.82. The number of benzene rings is 2. The van der Waals surface area contributed by atoms with Crippen molar-refractivity contribution in [1.29, 1.82) is 0 Å². The van der Waals surface area contributed by atoms with E-state index in [0.717, 1.165) is 28.1 Å². The summed E-state index contributed by atoms with van der Waals surface area (Å²) in [5.74, 6) is 2.34. The smallest absolute Gasteiger partial charge is 0.169 e. The van der Waals surface area contributed by atoms with Crippen molar-refractivity contribution in [3.63, 3.8) is 0 Å². The molecule has 0 bridgehead atoms. The number of rotatable bonds is 4.